The second kappa shape index (κ2) is 13.7. The van der Waals surface area contributed by atoms with E-state index in [1.165, 1.54) is 12.1 Å². The van der Waals surface area contributed by atoms with E-state index in [1.807, 2.05) is 32.6 Å². The van der Waals surface area contributed by atoms with Gasteiger partial charge in [-0.3, -0.25) is 14.6 Å². The van der Waals surface area contributed by atoms with Crippen LogP contribution in [-0.4, -0.2) is 90.0 Å². The molecule has 16 heteroatoms. The van der Waals surface area contributed by atoms with E-state index in [0.29, 0.717) is 76.2 Å². The molecule has 6 rings (SSSR count). The van der Waals surface area contributed by atoms with Crippen LogP contribution < -0.4 is 25.2 Å². The normalized spacial score (nSPS) is 16.7. The molecule has 1 aromatic carbocycles. The number of ether oxygens (including phenoxy) is 3. The number of hydrogen-bond acceptors (Lipinski definition) is 11. The van der Waals surface area contributed by atoms with Crippen LogP contribution in [0.5, 0.6) is 5.88 Å². The number of fused-ring (bicyclic) bond motifs is 2. The fourth-order valence-corrected chi connectivity index (χ4v) is 5.96. The van der Waals surface area contributed by atoms with Gasteiger partial charge in [-0.25, -0.2) is 19.7 Å². The molecule has 2 aromatic heterocycles. The van der Waals surface area contributed by atoms with E-state index < -0.39 is 29.3 Å². The van der Waals surface area contributed by atoms with Crippen molar-refractivity contribution in [2.24, 2.45) is 0 Å². The number of pyridine rings is 1. The highest BCUT2D eigenvalue weighted by Gasteiger charge is 2.35. The van der Waals surface area contributed by atoms with Crippen molar-refractivity contribution in [3.05, 3.63) is 53.0 Å². The Bertz CT molecular complexity index is 1730. The van der Waals surface area contributed by atoms with Crippen LogP contribution in [0.15, 0.2) is 30.6 Å². The van der Waals surface area contributed by atoms with Crippen LogP contribution in [0.25, 0.3) is 0 Å². The molecule has 0 spiro atoms. The van der Waals surface area contributed by atoms with Gasteiger partial charge in [-0.05, 0) is 57.9 Å². The lowest BCUT2D eigenvalue weighted by Gasteiger charge is -2.35. The molecule has 0 bridgehead atoms. The Morgan fingerprint density at radius 1 is 1.02 bits per heavy atom. The van der Waals surface area contributed by atoms with E-state index in [9.17, 15) is 22.8 Å². The lowest BCUT2D eigenvalue weighted by Crippen LogP contribution is -2.42. The van der Waals surface area contributed by atoms with Gasteiger partial charge < -0.3 is 29.7 Å². The first-order chi connectivity index (χ1) is 23.2. The van der Waals surface area contributed by atoms with E-state index in [1.54, 1.807) is 17.3 Å². The van der Waals surface area contributed by atoms with Gasteiger partial charge in [-0.2, -0.15) is 13.2 Å². The molecule has 0 saturated carbocycles. The van der Waals surface area contributed by atoms with Crippen molar-refractivity contribution in [3.8, 4) is 5.88 Å². The number of alkyl halides is 3. The first-order valence-electron chi connectivity index (χ1n) is 16.1. The van der Waals surface area contributed by atoms with Gasteiger partial charge in [-0.1, -0.05) is 0 Å². The van der Waals surface area contributed by atoms with Crippen LogP contribution in [0, 0.1) is 6.92 Å². The summed E-state index contributed by atoms with van der Waals surface area (Å²) >= 11 is 0. The zero-order chi connectivity index (χ0) is 34.9. The van der Waals surface area contributed by atoms with Gasteiger partial charge in [0.15, 0.2) is 0 Å². The minimum atomic E-state index is -4.72. The Morgan fingerprint density at radius 3 is 2.53 bits per heavy atom. The summed E-state index contributed by atoms with van der Waals surface area (Å²) in [4.78, 5) is 44.6. The molecule has 0 atom stereocenters. The second-order valence-electron chi connectivity index (χ2n) is 13.1. The lowest BCUT2D eigenvalue weighted by molar-refractivity contribution is -0.136. The minimum Gasteiger partial charge on any atom is -0.474 e. The molecular formula is C33H39F3N8O5. The van der Waals surface area contributed by atoms with Crippen molar-refractivity contribution in [3.63, 3.8) is 0 Å². The van der Waals surface area contributed by atoms with Crippen LogP contribution in [0.3, 0.4) is 0 Å². The number of anilines is 5. The molecule has 13 nitrogen and oxygen atoms in total. The Kier molecular flexibility index (Phi) is 9.53. The summed E-state index contributed by atoms with van der Waals surface area (Å²) in [5, 5.41) is 5.31. The number of nitrogens with one attached hydrogen (secondary N) is 2. The van der Waals surface area contributed by atoms with Gasteiger partial charge in [0.2, 0.25) is 17.7 Å². The largest absolute Gasteiger partial charge is 0.474 e. The monoisotopic (exact) mass is 684 g/mol. The van der Waals surface area contributed by atoms with Crippen molar-refractivity contribution < 1.29 is 37.0 Å². The van der Waals surface area contributed by atoms with Crippen LogP contribution in [0.2, 0.25) is 0 Å². The quantitative estimate of drug-likeness (QED) is 0.367. The molecule has 3 aliphatic rings. The van der Waals surface area contributed by atoms with E-state index in [4.69, 9.17) is 14.2 Å². The number of halogens is 3. The zero-order valence-electron chi connectivity index (χ0n) is 27.8. The fourth-order valence-electron chi connectivity index (χ4n) is 5.96. The third-order valence-corrected chi connectivity index (χ3v) is 8.30. The highest BCUT2D eigenvalue weighted by molar-refractivity contribution is 5.94. The predicted molar refractivity (Wildman–Crippen MR) is 175 cm³/mol. The van der Waals surface area contributed by atoms with Gasteiger partial charge in [0, 0.05) is 37.1 Å². The number of morpholine rings is 1. The standard InChI is InChI=1S/C33H39F3N8O5/c1-20-26(17-37-29-28(20)44(11-14-48-29)31(46)49-32(2,3)4)43-8-7-21-16-38-30(41-25(21)18-43)39-22-5-6-24(23(15-22)33(34,35)36)40-27(45)19-42-9-12-47-13-10-42/h5-6,15-17H,7-14,18-19H2,1-4H3,(H,40,45)(H,38,39,41). The Hall–Kier alpha value is -4.70. The van der Waals surface area contributed by atoms with Crippen LogP contribution in [0.1, 0.15) is 43.2 Å². The molecule has 2 N–H and O–H groups in total. The van der Waals surface area contributed by atoms with Crippen molar-refractivity contribution in [2.45, 2.75) is 52.4 Å². The molecule has 0 aliphatic carbocycles. The van der Waals surface area contributed by atoms with Gasteiger partial charge in [-0.15, -0.1) is 0 Å². The third-order valence-electron chi connectivity index (χ3n) is 8.30. The number of aromatic nitrogens is 3. The number of rotatable bonds is 6. The smallest absolute Gasteiger partial charge is 0.418 e. The first kappa shape index (κ1) is 34.2. The van der Waals surface area contributed by atoms with Crippen LogP contribution in [0.4, 0.5) is 46.7 Å². The summed E-state index contributed by atoms with van der Waals surface area (Å²) in [5.41, 5.74) is 1.87. The Morgan fingerprint density at radius 2 is 1.80 bits per heavy atom. The molecule has 1 fully saturated rings. The maximum atomic E-state index is 14.1. The zero-order valence-corrected chi connectivity index (χ0v) is 27.8. The Balaban J connectivity index is 1.19. The average Bonchev–Trinajstić information content (AvgIpc) is 3.04. The van der Waals surface area contributed by atoms with Gasteiger partial charge in [0.05, 0.1) is 61.7 Å². The summed E-state index contributed by atoms with van der Waals surface area (Å²) < 4.78 is 59.0. The molecule has 3 aromatic rings. The molecule has 0 radical (unpaired) electrons. The number of carbonyl (C=O) groups is 2. The summed E-state index contributed by atoms with van der Waals surface area (Å²) in [6, 6.07) is 3.59. The number of amides is 2. The Labute approximate surface area is 281 Å². The number of benzene rings is 1. The van der Waals surface area contributed by atoms with Crippen LogP contribution in [-0.2, 0) is 33.4 Å². The van der Waals surface area contributed by atoms with Crippen molar-refractivity contribution >= 4 is 40.7 Å². The summed E-state index contributed by atoms with van der Waals surface area (Å²) in [6.45, 7) is 10.9. The molecule has 0 unspecified atom stereocenters. The molecule has 262 valence electrons. The molecule has 49 heavy (non-hydrogen) atoms. The SMILES string of the molecule is Cc1c(N2CCc3cnc(Nc4ccc(NC(=O)CN5CCOCC5)c(C(F)(F)F)c4)nc3C2)cnc2c1N(C(=O)OC(C)(C)C)CCO2. The topological polar surface area (TPSA) is 134 Å². The van der Waals surface area contributed by atoms with Gasteiger partial charge >= 0.3 is 12.3 Å². The molecule has 5 heterocycles. The minimum absolute atomic E-state index is 0.0303. The van der Waals surface area contributed by atoms with Gasteiger partial charge in [0.1, 0.15) is 17.9 Å². The van der Waals surface area contributed by atoms with Crippen molar-refractivity contribution in [2.75, 3.05) is 73.0 Å². The van der Waals surface area contributed by atoms with Gasteiger partial charge in [0.25, 0.3) is 0 Å². The van der Waals surface area contributed by atoms with Crippen molar-refractivity contribution in [1.29, 1.82) is 0 Å². The third kappa shape index (κ3) is 7.96. The summed E-state index contributed by atoms with van der Waals surface area (Å²) in [5.74, 6) is -0.0572. The number of hydrogen-bond donors (Lipinski definition) is 2. The second-order valence-corrected chi connectivity index (χ2v) is 13.1. The lowest BCUT2D eigenvalue weighted by atomic mass is 10.0. The average molecular weight is 685 g/mol. The number of carbonyl (C=O) groups excluding carboxylic acids is 2. The first-order valence-corrected chi connectivity index (χ1v) is 16.1. The van der Waals surface area contributed by atoms with E-state index in [-0.39, 0.29) is 23.9 Å². The number of nitrogens with zero attached hydrogens (tertiary/aromatic N) is 6. The maximum absolute atomic E-state index is 14.1. The van der Waals surface area contributed by atoms with E-state index >= 15 is 0 Å². The van der Waals surface area contributed by atoms with E-state index in [0.717, 1.165) is 22.9 Å². The van der Waals surface area contributed by atoms with Crippen LogP contribution >= 0.6 is 0 Å². The highest BCUT2D eigenvalue weighted by Crippen LogP contribution is 2.40. The molecule has 2 amide bonds. The molecule has 1 saturated heterocycles. The highest BCUT2D eigenvalue weighted by atomic mass is 19.4. The predicted octanol–water partition coefficient (Wildman–Crippen LogP) is 4.91. The molecule has 3 aliphatic heterocycles. The van der Waals surface area contributed by atoms with E-state index in [2.05, 4.69) is 30.5 Å². The molecular weight excluding hydrogens is 645 g/mol. The maximum Gasteiger partial charge on any atom is 0.418 e. The fraction of sp³-hybridized carbons (Fsp3) is 0.485. The summed E-state index contributed by atoms with van der Waals surface area (Å²) in [6.07, 6.45) is -1.21. The summed E-state index contributed by atoms with van der Waals surface area (Å²) in [7, 11) is 0. The van der Waals surface area contributed by atoms with Crippen molar-refractivity contribution in [1.82, 2.24) is 19.9 Å².